The van der Waals surface area contributed by atoms with Gasteiger partial charge in [0, 0.05) is 13.2 Å². The molecule has 0 aliphatic rings. The molecule has 0 aromatic rings. The largest absolute Gasteiger partial charge is 0.396 e. The highest BCUT2D eigenvalue weighted by molar-refractivity contribution is 4.72. The van der Waals surface area contributed by atoms with Crippen LogP contribution in [0.25, 0.3) is 0 Å². The summed E-state index contributed by atoms with van der Waals surface area (Å²) in [5.41, 5.74) is -0.123. The molecule has 0 aliphatic carbocycles. The lowest BCUT2D eigenvalue weighted by Gasteiger charge is -2.28. The summed E-state index contributed by atoms with van der Waals surface area (Å²) in [6.07, 6.45) is 4.04. The Balaban J connectivity index is 3.72. The van der Waals surface area contributed by atoms with Gasteiger partial charge >= 0.3 is 0 Å². The fourth-order valence-electron chi connectivity index (χ4n) is 1.30. The van der Waals surface area contributed by atoms with Crippen LogP contribution in [-0.4, -0.2) is 23.9 Å². The van der Waals surface area contributed by atoms with E-state index in [-0.39, 0.29) is 12.2 Å². The third-order valence-electron chi connectivity index (χ3n) is 3.15. The zero-order valence-corrected chi connectivity index (χ0v) is 10.2. The smallest absolute Gasteiger partial charge is 0.0673 e. The molecule has 0 spiro atoms. The van der Waals surface area contributed by atoms with Crippen molar-refractivity contribution >= 4 is 0 Å². The molecule has 14 heavy (non-hydrogen) atoms. The zero-order chi connectivity index (χ0) is 11.0. The lowest BCUT2D eigenvalue weighted by atomic mass is 9.99. The number of hydrogen-bond acceptors (Lipinski definition) is 2. The molecule has 0 radical (unpaired) electrons. The van der Waals surface area contributed by atoms with E-state index in [1.807, 2.05) is 0 Å². The molecule has 86 valence electrons. The molecule has 2 heteroatoms. The minimum absolute atomic E-state index is 0.123. The Labute approximate surface area is 88.7 Å². The minimum atomic E-state index is -0.123. The lowest BCUT2D eigenvalue weighted by Crippen LogP contribution is -2.30. The molecule has 0 aromatic heterocycles. The Hall–Kier alpha value is -0.0800. The number of hydrogen-bond donors (Lipinski definition) is 1. The van der Waals surface area contributed by atoms with Gasteiger partial charge in [0.15, 0.2) is 0 Å². The molecule has 0 rings (SSSR count). The number of aliphatic hydroxyl groups is 1. The normalized spacial score (nSPS) is 17.8. The maximum atomic E-state index is 8.91. The summed E-state index contributed by atoms with van der Waals surface area (Å²) in [6, 6.07) is 0. The first-order chi connectivity index (χ1) is 6.58. The third kappa shape index (κ3) is 5.61. The Kier molecular flexibility index (Phi) is 7.20. The van der Waals surface area contributed by atoms with Crippen LogP contribution in [0.3, 0.4) is 0 Å². The van der Waals surface area contributed by atoms with Gasteiger partial charge in [-0.15, -0.1) is 0 Å². The molecular formula is C12H26O2. The van der Waals surface area contributed by atoms with Gasteiger partial charge in [-0.1, -0.05) is 27.2 Å². The Morgan fingerprint density at radius 1 is 1.36 bits per heavy atom. The van der Waals surface area contributed by atoms with Gasteiger partial charge in [-0.25, -0.2) is 0 Å². The first-order valence-electron chi connectivity index (χ1n) is 5.82. The molecule has 2 nitrogen and oxygen atoms in total. The number of rotatable bonds is 8. The van der Waals surface area contributed by atoms with E-state index >= 15 is 0 Å². The molecule has 2 atom stereocenters. The lowest BCUT2D eigenvalue weighted by molar-refractivity contribution is -0.0530. The zero-order valence-electron chi connectivity index (χ0n) is 10.2. The van der Waals surface area contributed by atoms with Gasteiger partial charge in [0.1, 0.15) is 0 Å². The van der Waals surface area contributed by atoms with Gasteiger partial charge in [-0.05, 0) is 32.1 Å². The number of aliphatic hydroxyl groups excluding tert-OH is 1. The standard InChI is InChI=1S/C12H26O2/c1-5-11(3)7-10-14-12(4,6-2)8-9-13/h11,13H,5-10H2,1-4H3. The van der Waals surface area contributed by atoms with Crippen molar-refractivity contribution in [2.45, 2.75) is 59.0 Å². The molecule has 0 bridgehead atoms. The van der Waals surface area contributed by atoms with Crippen LogP contribution < -0.4 is 0 Å². The molecule has 0 saturated heterocycles. The molecular weight excluding hydrogens is 176 g/mol. The van der Waals surface area contributed by atoms with E-state index in [1.54, 1.807) is 0 Å². The summed E-state index contributed by atoms with van der Waals surface area (Å²) in [5, 5.41) is 8.91. The van der Waals surface area contributed by atoms with Crippen molar-refractivity contribution < 1.29 is 9.84 Å². The van der Waals surface area contributed by atoms with Crippen LogP contribution in [0.15, 0.2) is 0 Å². The van der Waals surface area contributed by atoms with Gasteiger partial charge in [-0.2, -0.15) is 0 Å². The summed E-state index contributed by atoms with van der Waals surface area (Å²) >= 11 is 0. The summed E-state index contributed by atoms with van der Waals surface area (Å²) < 4.78 is 5.83. The molecule has 0 amide bonds. The maximum Gasteiger partial charge on any atom is 0.0673 e. The van der Waals surface area contributed by atoms with Crippen molar-refractivity contribution in [3.05, 3.63) is 0 Å². The monoisotopic (exact) mass is 202 g/mol. The van der Waals surface area contributed by atoms with E-state index in [4.69, 9.17) is 9.84 Å². The van der Waals surface area contributed by atoms with E-state index in [9.17, 15) is 0 Å². The average Bonchev–Trinajstić information content (AvgIpc) is 2.18. The summed E-state index contributed by atoms with van der Waals surface area (Å²) in [6.45, 7) is 9.68. The maximum absolute atomic E-state index is 8.91. The van der Waals surface area contributed by atoms with E-state index in [0.29, 0.717) is 0 Å². The second-order valence-electron chi connectivity index (χ2n) is 4.43. The van der Waals surface area contributed by atoms with Crippen molar-refractivity contribution in [2.75, 3.05) is 13.2 Å². The van der Waals surface area contributed by atoms with Crippen LogP contribution >= 0.6 is 0 Å². The second kappa shape index (κ2) is 7.24. The summed E-state index contributed by atoms with van der Waals surface area (Å²) in [7, 11) is 0. The van der Waals surface area contributed by atoms with Gasteiger partial charge in [0.25, 0.3) is 0 Å². The van der Waals surface area contributed by atoms with Gasteiger partial charge < -0.3 is 9.84 Å². The molecule has 0 fully saturated rings. The van der Waals surface area contributed by atoms with Crippen LogP contribution in [0.4, 0.5) is 0 Å². The van der Waals surface area contributed by atoms with E-state index in [1.165, 1.54) is 6.42 Å². The van der Waals surface area contributed by atoms with Gasteiger partial charge in [0.05, 0.1) is 5.60 Å². The SMILES string of the molecule is CCC(C)CCOC(C)(CC)CCO. The third-order valence-corrected chi connectivity index (χ3v) is 3.15. The van der Waals surface area contributed by atoms with Crippen LogP contribution in [0.5, 0.6) is 0 Å². The Morgan fingerprint density at radius 2 is 2.00 bits per heavy atom. The van der Waals surface area contributed by atoms with Crippen molar-refractivity contribution in [3.63, 3.8) is 0 Å². The summed E-state index contributed by atoms with van der Waals surface area (Å²) in [5.74, 6) is 0.741. The Morgan fingerprint density at radius 3 is 2.43 bits per heavy atom. The van der Waals surface area contributed by atoms with Crippen LogP contribution in [0, 0.1) is 5.92 Å². The van der Waals surface area contributed by atoms with Gasteiger partial charge in [-0.3, -0.25) is 0 Å². The van der Waals surface area contributed by atoms with Crippen molar-refractivity contribution in [2.24, 2.45) is 5.92 Å². The van der Waals surface area contributed by atoms with Crippen LogP contribution in [-0.2, 0) is 4.74 Å². The van der Waals surface area contributed by atoms with Crippen molar-refractivity contribution in [3.8, 4) is 0 Å². The highest BCUT2D eigenvalue weighted by Crippen LogP contribution is 2.20. The molecule has 0 aromatic carbocycles. The first-order valence-corrected chi connectivity index (χ1v) is 5.82. The molecule has 0 heterocycles. The van der Waals surface area contributed by atoms with Crippen LogP contribution in [0.1, 0.15) is 53.4 Å². The van der Waals surface area contributed by atoms with E-state index in [2.05, 4.69) is 27.7 Å². The number of ether oxygens (including phenoxy) is 1. The van der Waals surface area contributed by atoms with E-state index < -0.39 is 0 Å². The van der Waals surface area contributed by atoms with Crippen molar-refractivity contribution in [1.82, 2.24) is 0 Å². The average molecular weight is 202 g/mol. The second-order valence-corrected chi connectivity index (χ2v) is 4.43. The predicted octanol–water partition coefficient (Wildman–Crippen LogP) is 2.99. The van der Waals surface area contributed by atoms with Crippen molar-refractivity contribution in [1.29, 1.82) is 0 Å². The molecule has 0 saturated carbocycles. The quantitative estimate of drug-likeness (QED) is 0.655. The molecule has 0 aliphatic heterocycles. The summed E-state index contributed by atoms with van der Waals surface area (Å²) in [4.78, 5) is 0. The van der Waals surface area contributed by atoms with Crippen LogP contribution in [0.2, 0.25) is 0 Å². The predicted molar refractivity (Wildman–Crippen MR) is 60.4 cm³/mol. The molecule has 2 unspecified atom stereocenters. The fourth-order valence-corrected chi connectivity index (χ4v) is 1.30. The highest BCUT2D eigenvalue weighted by atomic mass is 16.5. The Bertz CT molecular complexity index is 136. The topological polar surface area (TPSA) is 29.5 Å². The van der Waals surface area contributed by atoms with Gasteiger partial charge in [0.2, 0.25) is 0 Å². The first kappa shape index (κ1) is 13.9. The van der Waals surface area contributed by atoms with E-state index in [0.717, 1.165) is 31.8 Å². The highest BCUT2D eigenvalue weighted by Gasteiger charge is 2.21. The molecule has 1 N–H and O–H groups in total. The fraction of sp³-hybridized carbons (Fsp3) is 1.00. The minimum Gasteiger partial charge on any atom is -0.396 e.